The number of hydrogen-bond donors (Lipinski definition) is 1. The SMILES string of the molecule is CNCC1(c2ccc(Cl)cc2)CC1. The first-order valence-corrected chi connectivity index (χ1v) is 5.05. The van der Waals surface area contributed by atoms with E-state index in [0.29, 0.717) is 5.41 Å². The van der Waals surface area contributed by atoms with Gasteiger partial charge in [-0.05, 0) is 37.6 Å². The van der Waals surface area contributed by atoms with Crippen LogP contribution in [0.5, 0.6) is 0 Å². The molecular weight excluding hydrogens is 182 g/mol. The highest BCUT2D eigenvalue weighted by Gasteiger charge is 2.43. The van der Waals surface area contributed by atoms with Crippen molar-refractivity contribution in [3.8, 4) is 0 Å². The Hall–Kier alpha value is -0.530. The zero-order valence-corrected chi connectivity index (χ0v) is 8.56. The number of hydrogen-bond acceptors (Lipinski definition) is 1. The molecule has 1 saturated carbocycles. The average molecular weight is 196 g/mol. The minimum Gasteiger partial charge on any atom is -0.319 e. The minimum atomic E-state index is 0.416. The first-order chi connectivity index (χ1) is 6.27. The van der Waals surface area contributed by atoms with Gasteiger partial charge in [-0.3, -0.25) is 0 Å². The Morgan fingerprint density at radius 3 is 2.38 bits per heavy atom. The fraction of sp³-hybridized carbons (Fsp3) is 0.455. The molecule has 0 atom stereocenters. The lowest BCUT2D eigenvalue weighted by Crippen LogP contribution is -2.23. The van der Waals surface area contributed by atoms with Crippen molar-refractivity contribution in [2.75, 3.05) is 13.6 Å². The summed E-state index contributed by atoms with van der Waals surface area (Å²) in [5.74, 6) is 0. The van der Waals surface area contributed by atoms with Crippen LogP contribution >= 0.6 is 11.6 Å². The molecule has 1 aromatic carbocycles. The molecule has 13 heavy (non-hydrogen) atoms. The van der Waals surface area contributed by atoms with Gasteiger partial charge in [-0.2, -0.15) is 0 Å². The van der Waals surface area contributed by atoms with E-state index in [4.69, 9.17) is 11.6 Å². The third-order valence-corrected chi connectivity index (χ3v) is 3.08. The van der Waals surface area contributed by atoms with Gasteiger partial charge in [0.1, 0.15) is 0 Å². The third-order valence-electron chi connectivity index (χ3n) is 2.83. The summed E-state index contributed by atoms with van der Waals surface area (Å²) in [5.41, 5.74) is 1.84. The number of benzene rings is 1. The average Bonchev–Trinajstić information content (AvgIpc) is 2.87. The van der Waals surface area contributed by atoms with E-state index in [-0.39, 0.29) is 0 Å². The van der Waals surface area contributed by atoms with Crippen LogP contribution in [0.15, 0.2) is 24.3 Å². The summed E-state index contributed by atoms with van der Waals surface area (Å²) in [6.45, 7) is 1.08. The summed E-state index contributed by atoms with van der Waals surface area (Å²) in [4.78, 5) is 0. The normalized spacial score (nSPS) is 18.6. The molecular formula is C11H14ClN. The first kappa shape index (κ1) is 9.04. The Morgan fingerprint density at radius 1 is 1.31 bits per heavy atom. The second kappa shape index (κ2) is 3.32. The molecule has 2 heteroatoms. The highest BCUT2D eigenvalue weighted by atomic mass is 35.5. The molecule has 0 bridgehead atoms. The van der Waals surface area contributed by atoms with Gasteiger partial charge in [-0.25, -0.2) is 0 Å². The van der Waals surface area contributed by atoms with Crippen LogP contribution in [0.1, 0.15) is 18.4 Å². The lowest BCUT2D eigenvalue weighted by Gasteiger charge is -2.14. The van der Waals surface area contributed by atoms with Crippen molar-refractivity contribution in [2.24, 2.45) is 0 Å². The molecule has 1 nitrogen and oxygen atoms in total. The van der Waals surface area contributed by atoms with Crippen molar-refractivity contribution in [3.63, 3.8) is 0 Å². The minimum absolute atomic E-state index is 0.416. The largest absolute Gasteiger partial charge is 0.319 e. The van der Waals surface area contributed by atoms with Crippen molar-refractivity contribution >= 4 is 11.6 Å². The highest BCUT2D eigenvalue weighted by molar-refractivity contribution is 6.30. The van der Waals surface area contributed by atoms with Crippen molar-refractivity contribution in [1.82, 2.24) is 5.32 Å². The standard InChI is InChI=1S/C11H14ClN/c1-13-8-11(6-7-11)9-2-4-10(12)5-3-9/h2-5,13H,6-8H2,1H3. The first-order valence-electron chi connectivity index (χ1n) is 4.67. The molecule has 0 saturated heterocycles. The van der Waals surface area contributed by atoms with Crippen molar-refractivity contribution in [3.05, 3.63) is 34.9 Å². The molecule has 1 aromatic rings. The van der Waals surface area contributed by atoms with Gasteiger partial charge in [-0.15, -0.1) is 0 Å². The van der Waals surface area contributed by atoms with E-state index in [2.05, 4.69) is 17.4 Å². The van der Waals surface area contributed by atoms with Gasteiger partial charge in [0.05, 0.1) is 0 Å². The summed E-state index contributed by atoms with van der Waals surface area (Å²) in [7, 11) is 2.01. The van der Waals surface area contributed by atoms with E-state index in [1.165, 1.54) is 18.4 Å². The summed E-state index contributed by atoms with van der Waals surface area (Å²) >= 11 is 5.84. The lowest BCUT2D eigenvalue weighted by atomic mass is 9.96. The molecule has 1 aliphatic carbocycles. The quantitative estimate of drug-likeness (QED) is 0.782. The molecule has 1 fully saturated rings. The maximum absolute atomic E-state index is 5.84. The molecule has 1 N–H and O–H groups in total. The molecule has 70 valence electrons. The highest BCUT2D eigenvalue weighted by Crippen LogP contribution is 2.47. The maximum atomic E-state index is 5.84. The Bertz CT molecular complexity index is 287. The Morgan fingerprint density at radius 2 is 1.92 bits per heavy atom. The van der Waals surface area contributed by atoms with E-state index in [1.807, 2.05) is 19.2 Å². The fourth-order valence-corrected chi connectivity index (χ4v) is 1.99. The number of nitrogens with one attached hydrogen (secondary N) is 1. The molecule has 0 amide bonds. The second-order valence-electron chi connectivity index (χ2n) is 3.82. The predicted octanol–water partition coefficient (Wildman–Crippen LogP) is 2.59. The van der Waals surface area contributed by atoms with Crippen LogP contribution in [-0.2, 0) is 5.41 Å². The zero-order chi connectivity index (χ0) is 9.31. The van der Waals surface area contributed by atoms with E-state index in [1.54, 1.807) is 0 Å². The second-order valence-corrected chi connectivity index (χ2v) is 4.25. The van der Waals surface area contributed by atoms with Crippen molar-refractivity contribution in [2.45, 2.75) is 18.3 Å². The van der Waals surface area contributed by atoms with Crippen LogP contribution < -0.4 is 5.32 Å². The molecule has 0 spiro atoms. The van der Waals surface area contributed by atoms with Gasteiger partial charge in [-0.1, -0.05) is 23.7 Å². The van der Waals surface area contributed by atoms with E-state index < -0.39 is 0 Å². The topological polar surface area (TPSA) is 12.0 Å². The van der Waals surface area contributed by atoms with Gasteiger partial charge in [0.15, 0.2) is 0 Å². The van der Waals surface area contributed by atoms with E-state index in [0.717, 1.165) is 11.6 Å². The van der Waals surface area contributed by atoms with Crippen LogP contribution in [0.25, 0.3) is 0 Å². The fourth-order valence-electron chi connectivity index (χ4n) is 1.86. The molecule has 0 heterocycles. The van der Waals surface area contributed by atoms with Crippen LogP contribution in [0, 0.1) is 0 Å². The summed E-state index contributed by atoms with van der Waals surface area (Å²) in [5, 5.41) is 4.07. The van der Waals surface area contributed by atoms with Gasteiger partial charge >= 0.3 is 0 Å². The van der Waals surface area contributed by atoms with Crippen molar-refractivity contribution in [1.29, 1.82) is 0 Å². The van der Waals surface area contributed by atoms with Gasteiger partial charge < -0.3 is 5.32 Å². The van der Waals surface area contributed by atoms with Crippen LogP contribution in [0.3, 0.4) is 0 Å². The Kier molecular flexibility index (Phi) is 2.31. The molecule has 2 rings (SSSR count). The Balaban J connectivity index is 2.20. The van der Waals surface area contributed by atoms with Crippen LogP contribution in [0.4, 0.5) is 0 Å². The lowest BCUT2D eigenvalue weighted by molar-refractivity contribution is 0.624. The summed E-state index contributed by atoms with van der Waals surface area (Å²) < 4.78 is 0. The molecule has 0 radical (unpaired) electrons. The van der Waals surface area contributed by atoms with E-state index >= 15 is 0 Å². The van der Waals surface area contributed by atoms with E-state index in [9.17, 15) is 0 Å². The monoisotopic (exact) mass is 195 g/mol. The third kappa shape index (κ3) is 1.72. The van der Waals surface area contributed by atoms with Crippen LogP contribution in [0.2, 0.25) is 5.02 Å². The Labute approximate surface area is 84.1 Å². The van der Waals surface area contributed by atoms with Gasteiger partial charge in [0.2, 0.25) is 0 Å². The summed E-state index contributed by atoms with van der Waals surface area (Å²) in [6, 6.07) is 8.25. The molecule has 1 aliphatic rings. The maximum Gasteiger partial charge on any atom is 0.0406 e. The number of likely N-dealkylation sites (N-methyl/N-ethyl adjacent to an activating group) is 1. The number of halogens is 1. The molecule has 0 unspecified atom stereocenters. The van der Waals surface area contributed by atoms with Crippen LogP contribution in [-0.4, -0.2) is 13.6 Å². The van der Waals surface area contributed by atoms with Crippen molar-refractivity contribution < 1.29 is 0 Å². The molecule has 0 aromatic heterocycles. The van der Waals surface area contributed by atoms with Gasteiger partial charge in [0.25, 0.3) is 0 Å². The predicted molar refractivity (Wildman–Crippen MR) is 56.3 cm³/mol. The smallest absolute Gasteiger partial charge is 0.0406 e. The number of rotatable bonds is 3. The summed E-state index contributed by atoms with van der Waals surface area (Å²) in [6.07, 6.45) is 2.60. The molecule has 0 aliphatic heterocycles. The zero-order valence-electron chi connectivity index (χ0n) is 7.81. The van der Waals surface area contributed by atoms with Gasteiger partial charge in [0, 0.05) is 17.0 Å².